The maximum absolute atomic E-state index is 12.5. The molecule has 12 nitrogen and oxygen atoms in total. The van der Waals surface area contributed by atoms with Gasteiger partial charge in [0.25, 0.3) is 5.91 Å². The molecule has 0 spiro atoms. The molecule has 1 aromatic carbocycles. The number of hydrogen-bond acceptors (Lipinski definition) is 10. The molecule has 13 heteroatoms. The molecule has 2 rings (SSSR count). The molecule has 2 N–H and O–H groups in total. The van der Waals surface area contributed by atoms with Gasteiger partial charge in [-0.2, -0.15) is 0 Å². The maximum Gasteiger partial charge on any atom is 0.407 e. The van der Waals surface area contributed by atoms with Crippen molar-refractivity contribution < 1.29 is 33.5 Å². The molecule has 1 aromatic heterocycles. The molecule has 1 heterocycles. The molecule has 0 unspecified atom stereocenters. The van der Waals surface area contributed by atoms with E-state index in [1.165, 1.54) is 12.1 Å². The summed E-state index contributed by atoms with van der Waals surface area (Å²) in [5, 5.41) is 15.5. The molecule has 32 heavy (non-hydrogen) atoms. The smallest absolute Gasteiger partial charge is 0.407 e. The molecule has 0 aliphatic carbocycles. The van der Waals surface area contributed by atoms with E-state index in [9.17, 15) is 24.5 Å². The molecule has 172 valence electrons. The van der Waals surface area contributed by atoms with Crippen molar-refractivity contribution in [3.63, 3.8) is 0 Å². The summed E-state index contributed by atoms with van der Waals surface area (Å²) in [6, 6.07) is 6.14. The number of nitrogens with zero attached hydrogens (tertiary/aromatic N) is 2. The van der Waals surface area contributed by atoms with Gasteiger partial charge in [0.1, 0.15) is 24.2 Å². The van der Waals surface area contributed by atoms with Crippen molar-refractivity contribution in [2.75, 3.05) is 25.1 Å². The number of nitro groups is 1. The van der Waals surface area contributed by atoms with Gasteiger partial charge in [0.2, 0.25) is 0 Å². The quantitative estimate of drug-likeness (QED) is 0.245. The minimum absolute atomic E-state index is 0.0494. The van der Waals surface area contributed by atoms with Gasteiger partial charge in [0, 0.05) is 0 Å². The fourth-order valence-electron chi connectivity index (χ4n) is 2.16. The highest BCUT2D eigenvalue weighted by Crippen LogP contribution is 2.26. The largest absolute Gasteiger partial charge is 0.481 e. The van der Waals surface area contributed by atoms with E-state index in [-0.39, 0.29) is 34.6 Å². The van der Waals surface area contributed by atoms with Gasteiger partial charge in [0.15, 0.2) is 11.7 Å². The van der Waals surface area contributed by atoms with Gasteiger partial charge in [0.05, 0.1) is 17.0 Å². The van der Waals surface area contributed by atoms with Gasteiger partial charge < -0.3 is 19.5 Å². The molecule has 0 atom stereocenters. The number of ether oxygens (including phenoxy) is 3. The summed E-state index contributed by atoms with van der Waals surface area (Å²) in [6.07, 6.45) is 0.409. The van der Waals surface area contributed by atoms with Crippen molar-refractivity contribution in [2.24, 2.45) is 0 Å². The normalized spacial score (nSPS) is 10.7. The van der Waals surface area contributed by atoms with Crippen molar-refractivity contribution in [3.05, 3.63) is 46.1 Å². The van der Waals surface area contributed by atoms with Crippen LogP contribution in [0.2, 0.25) is 0 Å². The Morgan fingerprint density at radius 1 is 1.22 bits per heavy atom. The summed E-state index contributed by atoms with van der Waals surface area (Å²) >= 11 is 0.708. The summed E-state index contributed by atoms with van der Waals surface area (Å²) in [5.41, 5.74) is -0.535. The van der Waals surface area contributed by atoms with Crippen molar-refractivity contribution in [2.45, 2.75) is 26.4 Å². The predicted molar refractivity (Wildman–Crippen MR) is 114 cm³/mol. The van der Waals surface area contributed by atoms with Gasteiger partial charge in [-0.1, -0.05) is 12.1 Å². The lowest BCUT2D eigenvalue weighted by atomic mass is 10.2. The Kier molecular flexibility index (Phi) is 8.46. The van der Waals surface area contributed by atoms with E-state index in [0.717, 1.165) is 6.20 Å². The number of amides is 2. The average Bonchev–Trinajstić information content (AvgIpc) is 3.17. The third-order valence-corrected chi connectivity index (χ3v) is 4.27. The molecule has 0 bridgehead atoms. The highest BCUT2D eigenvalue weighted by atomic mass is 32.1. The van der Waals surface area contributed by atoms with E-state index in [4.69, 9.17) is 14.2 Å². The SMILES string of the molecule is CC(C)(C)OC(=O)NCCOC(=O)COc1ccccc1C(=O)Nc1ncc([N+](=O)[O-])s1. The topological polar surface area (TPSA) is 159 Å². The lowest BCUT2D eigenvalue weighted by molar-refractivity contribution is -0.380. The van der Waals surface area contributed by atoms with E-state index in [1.54, 1.807) is 32.9 Å². The molecule has 2 aromatic rings. The van der Waals surface area contributed by atoms with Crippen LogP contribution in [0.3, 0.4) is 0 Å². The van der Waals surface area contributed by atoms with Crippen LogP contribution in [0.4, 0.5) is 14.9 Å². The van der Waals surface area contributed by atoms with E-state index >= 15 is 0 Å². The summed E-state index contributed by atoms with van der Waals surface area (Å²) in [7, 11) is 0. The van der Waals surface area contributed by atoms with E-state index in [2.05, 4.69) is 15.6 Å². The van der Waals surface area contributed by atoms with Crippen molar-refractivity contribution in [3.8, 4) is 5.75 Å². The lowest BCUT2D eigenvalue weighted by Crippen LogP contribution is -2.34. The van der Waals surface area contributed by atoms with Gasteiger partial charge in [-0.05, 0) is 44.2 Å². The minimum atomic E-state index is -0.707. The Morgan fingerprint density at radius 2 is 1.94 bits per heavy atom. The lowest BCUT2D eigenvalue weighted by Gasteiger charge is -2.19. The Bertz CT molecular complexity index is 986. The number of benzene rings is 1. The third-order valence-electron chi connectivity index (χ3n) is 3.40. The van der Waals surface area contributed by atoms with Crippen molar-refractivity contribution in [1.82, 2.24) is 10.3 Å². The second kappa shape index (κ2) is 11.0. The molecular formula is C19H22N4O8S. The van der Waals surface area contributed by atoms with Gasteiger partial charge in [-0.3, -0.25) is 20.2 Å². The van der Waals surface area contributed by atoms with E-state index in [1.807, 2.05) is 0 Å². The number of alkyl carbamates (subject to hydrolysis) is 1. The molecule has 2 amide bonds. The molecule has 0 saturated heterocycles. The third kappa shape index (κ3) is 8.18. The van der Waals surface area contributed by atoms with Crippen LogP contribution >= 0.6 is 11.3 Å². The Morgan fingerprint density at radius 3 is 2.59 bits per heavy atom. The zero-order chi connectivity index (χ0) is 23.7. The zero-order valence-corrected chi connectivity index (χ0v) is 18.4. The van der Waals surface area contributed by atoms with Crippen LogP contribution in [0, 0.1) is 10.1 Å². The van der Waals surface area contributed by atoms with Crippen LogP contribution in [0.5, 0.6) is 5.75 Å². The number of carbonyl (C=O) groups is 3. The minimum Gasteiger partial charge on any atom is -0.481 e. The number of nitrogens with one attached hydrogen (secondary N) is 2. The first-order chi connectivity index (χ1) is 15.0. The number of para-hydroxylation sites is 1. The van der Waals surface area contributed by atoms with E-state index < -0.39 is 35.1 Å². The van der Waals surface area contributed by atoms with Crippen LogP contribution in [0.25, 0.3) is 0 Å². The molecule has 0 radical (unpaired) electrons. The average molecular weight is 466 g/mol. The highest BCUT2D eigenvalue weighted by molar-refractivity contribution is 7.18. The highest BCUT2D eigenvalue weighted by Gasteiger charge is 2.18. The summed E-state index contributed by atoms with van der Waals surface area (Å²) in [6.45, 7) is 4.67. The first kappa shape index (κ1) is 24.5. The summed E-state index contributed by atoms with van der Waals surface area (Å²) in [4.78, 5) is 49.7. The van der Waals surface area contributed by atoms with Crippen LogP contribution < -0.4 is 15.4 Å². The van der Waals surface area contributed by atoms with Gasteiger partial charge >= 0.3 is 17.1 Å². The summed E-state index contributed by atoms with van der Waals surface area (Å²) < 4.78 is 15.4. The fraction of sp³-hybridized carbons (Fsp3) is 0.368. The number of thiazole rings is 1. The Balaban J connectivity index is 1.82. The zero-order valence-electron chi connectivity index (χ0n) is 17.6. The van der Waals surface area contributed by atoms with Gasteiger partial charge in [-0.25, -0.2) is 14.6 Å². The Hall–Kier alpha value is -3.74. The van der Waals surface area contributed by atoms with Gasteiger partial charge in [-0.15, -0.1) is 0 Å². The summed E-state index contributed by atoms with van der Waals surface area (Å²) in [5.74, 6) is -1.21. The van der Waals surface area contributed by atoms with Crippen molar-refractivity contribution >= 4 is 39.4 Å². The number of hydrogen-bond donors (Lipinski definition) is 2. The molecule has 0 aliphatic heterocycles. The second-order valence-electron chi connectivity index (χ2n) is 7.15. The van der Waals surface area contributed by atoms with Crippen molar-refractivity contribution in [1.29, 1.82) is 0 Å². The van der Waals surface area contributed by atoms with Crippen LogP contribution in [0.15, 0.2) is 30.5 Å². The number of aromatic nitrogens is 1. The van der Waals surface area contributed by atoms with Crippen LogP contribution in [0.1, 0.15) is 31.1 Å². The number of esters is 1. The number of anilines is 1. The van der Waals surface area contributed by atoms with Crippen LogP contribution in [-0.2, 0) is 14.3 Å². The molecule has 0 fully saturated rings. The molecule has 0 saturated carbocycles. The Labute approximate surface area is 187 Å². The first-order valence-corrected chi connectivity index (χ1v) is 10.1. The second-order valence-corrected chi connectivity index (χ2v) is 8.16. The number of rotatable bonds is 9. The standard InChI is InChI=1S/C19H22N4O8S/c1-19(2,3)31-18(26)20-8-9-29-15(24)11-30-13-7-5-4-6-12(13)16(25)22-17-21-10-14(32-17)23(27)28/h4-7,10H,8-9,11H2,1-3H3,(H,20,26)(H,21,22,25). The monoisotopic (exact) mass is 466 g/mol. The molecule has 0 aliphatic rings. The molecular weight excluding hydrogens is 444 g/mol. The van der Waals surface area contributed by atoms with Crippen LogP contribution in [-0.4, -0.2) is 53.2 Å². The fourth-order valence-corrected chi connectivity index (χ4v) is 2.79. The maximum atomic E-state index is 12.5. The first-order valence-electron chi connectivity index (χ1n) is 9.31. The predicted octanol–water partition coefficient (Wildman–Crippen LogP) is 2.75. The van der Waals surface area contributed by atoms with E-state index in [0.29, 0.717) is 11.3 Å². The number of carbonyl (C=O) groups excluding carboxylic acids is 3.